The summed E-state index contributed by atoms with van der Waals surface area (Å²) in [5, 5.41) is 0. The molecule has 0 aliphatic heterocycles. The maximum atomic E-state index is 12.7. The number of nitrogens with zero attached hydrogens (tertiary/aromatic N) is 2. The summed E-state index contributed by atoms with van der Waals surface area (Å²) in [6, 6.07) is 6.21. The molecule has 7 nitrogen and oxygen atoms in total. The van der Waals surface area contributed by atoms with Crippen molar-refractivity contribution < 1.29 is 23.5 Å². The molecule has 7 heteroatoms. The molecule has 0 N–H and O–H groups in total. The summed E-state index contributed by atoms with van der Waals surface area (Å²) in [5.41, 5.74) is -0.0340. The van der Waals surface area contributed by atoms with E-state index in [1.54, 1.807) is 18.2 Å². The van der Waals surface area contributed by atoms with E-state index in [1.807, 2.05) is 0 Å². The van der Waals surface area contributed by atoms with Gasteiger partial charge in [0.25, 0.3) is 0 Å². The van der Waals surface area contributed by atoms with Gasteiger partial charge in [-0.2, -0.15) is 0 Å². The monoisotopic (exact) mass is 334 g/mol. The lowest BCUT2D eigenvalue weighted by molar-refractivity contribution is 0.0728. The number of aryl methyl sites for hydroxylation is 1. The number of pyridine rings is 2. The average molecular weight is 334 g/mol. The molecule has 0 amide bonds. The fourth-order valence-corrected chi connectivity index (χ4v) is 2.74. The maximum Gasteiger partial charge on any atom is 0.347 e. The van der Waals surface area contributed by atoms with Gasteiger partial charge in [0, 0.05) is 12.4 Å². The number of esters is 1. The van der Waals surface area contributed by atoms with Gasteiger partial charge in [0.05, 0.1) is 17.3 Å². The summed E-state index contributed by atoms with van der Waals surface area (Å²) < 4.78 is 10.7. The van der Waals surface area contributed by atoms with Crippen LogP contribution in [0.3, 0.4) is 0 Å². The third-order valence-corrected chi connectivity index (χ3v) is 3.83. The van der Waals surface area contributed by atoms with Crippen molar-refractivity contribution in [1.82, 2.24) is 9.97 Å². The predicted octanol–water partition coefficient (Wildman–Crippen LogP) is 2.37. The number of furan rings is 1. The molecule has 0 saturated heterocycles. The van der Waals surface area contributed by atoms with E-state index in [-0.39, 0.29) is 39.7 Å². The molecule has 3 heterocycles. The lowest BCUT2D eigenvalue weighted by atomic mass is 9.90. The largest absolute Gasteiger partial charge is 0.456 e. The fourth-order valence-electron chi connectivity index (χ4n) is 2.74. The molecule has 0 aromatic carbocycles. The van der Waals surface area contributed by atoms with Gasteiger partial charge < -0.3 is 9.15 Å². The van der Waals surface area contributed by atoms with Gasteiger partial charge in [-0.1, -0.05) is 0 Å². The van der Waals surface area contributed by atoms with Crippen LogP contribution in [-0.2, 0) is 0 Å². The van der Waals surface area contributed by atoms with Crippen molar-refractivity contribution in [3.05, 3.63) is 76.8 Å². The number of hydrogen-bond acceptors (Lipinski definition) is 7. The molecule has 1 aliphatic rings. The first-order chi connectivity index (χ1) is 12.1. The lowest BCUT2D eigenvalue weighted by Crippen LogP contribution is -2.23. The molecule has 0 spiro atoms. The minimum atomic E-state index is -0.795. The number of fused-ring (bicyclic) bond motifs is 2. The quantitative estimate of drug-likeness (QED) is 0.519. The van der Waals surface area contributed by atoms with Crippen LogP contribution in [0.2, 0.25) is 0 Å². The van der Waals surface area contributed by atoms with Crippen LogP contribution in [0.15, 0.2) is 47.3 Å². The third-order valence-electron chi connectivity index (χ3n) is 3.83. The number of carbonyl (C=O) groups excluding carboxylic acids is 3. The molecule has 0 saturated carbocycles. The summed E-state index contributed by atoms with van der Waals surface area (Å²) in [6.07, 6.45) is 4.31. The molecular formula is C18H10N2O5. The third kappa shape index (κ3) is 2.25. The van der Waals surface area contributed by atoms with Crippen LogP contribution < -0.4 is 4.74 Å². The van der Waals surface area contributed by atoms with E-state index in [2.05, 4.69) is 9.97 Å². The van der Waals surface area contributed by atoms with Crippen molar-refractivity contribution in [2.24, 2.45) is 0 Å². The number of rotatable bonds is 2. The Labute approximate surface area is 141 Å². The van der Waals surface area contributed by atoms with Crippen LogP contribution in [0.1, 0.15) is 48.3 Å². The number of ketones is 2. The molecule has 0 radical (unpaired) electrons. The standard InChI is InChI=1S/C18H10N2O5/c1-9-12(18(23)25-10-4-2-6-19-8-10)13-16(22)14-11(5-3-7-20-14)15(21)17(13)24-9/h2-8H,1H3. The van der Waals surface area contributed by atoms with E-state index < -0.39 is 17.5 Å². The highest BCUT2D eigenvalue weighted by Gasteiger charge is 2.39. The van der Waals surface area contributed by atoms with E-state index in [0.717, 1.165) is 0 Å². The number of carbonyl (C=O) groups is 3. The van der Waals surface area contributed by atoms with Crippen LogP contribution >= 0.6 is 0 Å². The van der Waals surface area contributed by atoms with Crippen LogP contribution in [0.4, 0.5) is 0 Å². The molecule has 0 atom stereocenters. The average Bonchev–Trinajstić information content (AvgIpc) is 2.98. The second-order valence-electron chi connectivity index (χ2n) is 5.37. The molecule has 3 aromatic rings. The molecule has 4 rings (SSSR count). The van der Waals surface area contributed by atoms with Crippen molar-refractivity contribution >= 4 is 17.5 Å². The highest BCUT2D eigenvalue weighted by molar-refractivity contribution is 6.29. The first-order valence-corrected chi connectivity index (χ1v) is 7.38. The number of ether oxygens (including phenoxy) is 1. The van der Waals surface area contributed by atoms with Gasteiger partial charge in [-0.3, -0.25) is 19.6 Å². The van der Waals surface area contributed by atoms with Crippen LogP contribution in [0, 0.1) is 6.92 Å². The minimum absolute atomic E-state index is 0.00349. The summed E-state index contributed by atoms with van der Waals surface area (Å²) in [4.78, 5) is 45.7. The van der Waals surface area contributed by atoms with Gasteiger partial charge in [0.1, 0.15) is 22.8 Å². The van der Waals surface area contributed by atoms with Crippen molar-refractivity contribution in [1.29, 1.82) is 0 Å². The van der Waals surface area contributed by atoms with Gasteiger partial charge in [-0.05, 0) is 31.2 Å². The van der Waals surface area contributed by atoms with Gasteiger partial charge in [0.15, 0.2) is 5.76 Å². The molecule has 3 aromatic heterocycles. The van der Waals surface area contributed by atoms with Gasteiger partial charge in [0.2, 0.25) is 11.6 Å². The van der Waals surface area contributed by atoms with E-state index in [9.17, 15) is 14.4 Å². The van der Waals surface area contributed by atoms with Crippen LogP contribution in [0.5, 0.6) is 5.75 Å². The van der Waals surface area contributed by atoms with Crippen LogP contribution in [0.25, 0.3) is 0 Å². The highest BCUT2D eigenvalue weighted by atomic mass is 16.5. The summed E-state index contributed by atoms with van der Waals surface area (Å²) in [6.45, 7) is 1.50. The van der Waals surface area contributed by atoms with Crippen molar-refractivity contribution in [3.63, 3.8) is 0 Å². The molecule has 1 aliphatic carbocycles. The Balaban J connectivity index is 1.82. The second kappa shape index (κ2) is 5.48. The molecule has 0 unspecified atom stereocenters. The van der Waals surface area contributed by atoms with E-state index >= 15 is 0 Å². The zero-order chi connectivity index (χ0) is 17.6. The van der Waals surface area contributed by atoms with E-state index in [1.165, 1.54) is 31.6 Å². The topological polar surface area (TPSA) is 99.4 Å². The van der Waals surface area contributed by atoms with Crippen LogP contribution in [-0.4, -0.2) is 27.5 Å². The van der Waals surface area contributed by atoms with Gasteiger partial charge in [-0.25, -0.2) is 4.79 Å². The van der Waals surface area contributed by atoms with Crippen molar-refractivity contribution in [3.8, 4) is 5.75 Å². The van der Waals surface area contributed by atoms with Crippen molar-refractivity contribution in [2.45, 2.75) is 6.92 Å². The SMILES string of the molecule is Cc1oc2c(c1C(=O)Oc1cccnc1)C(=O)c1ncccc1C2=O. The summed E-state index contributed by atoms with van der Waals surface area (Å²) in [5.74, 6) is -1.64. The van der Waals surface area contributed by atoms with Gasteiger partial charge in [-0.15, -0.1) is 0 Å². The molecule has 25 heavy (non-hydrogen) atoms. The molecular weight excluding hydrogens is 324 g/mol. The normalized spacial score (nSPS) is 12.5. The fraction of sp³-hybridized carbons (Fsp3) is 0.0556. The Morgan fingerprint density at radius 3 is 2.68 bits per heavy atom. The van der Waals surface area contributed by atoms with Crippen molar-refractivity contribution in [2.75, 3.05) is 0 Å². The zero-order valence-electron chi connectivity index (χ0n) is 13.0. The van der Waals surface area contributed by atoms with Gasteiger partial charge >= 0.3 is 5.97 Å². The highest BCUT2D eigenvalue weighted by Crippen LogP contribution is 2.32. The molecule has 0 bridgehead atoms. The Kier molecular flexibility index (Phi) is 3.28. The predicted molar refractivity (Wildman–Crippen MR) is 83.7 cm³/mol. The molecule has 0 fully saturated rings. The maximum absolute atomic E-state index is 12.7. The first-order valence-electron chi connectivity index (χ1n) is 7.38. The zero-order valence-corrected chi connectivity index (χ0v) is 13.0. The number of hydrogen-bond donors (Lipinski definition) is 0. The van der Waals surface area contributed by atoms with E-state index in [4.69, 9.17) is 9.15 Å². The minimum Gasteiger partial charge on any atom is -0.456 e. The smallest absolute Gasteiger partial charge is 0.347 e. The Morgan fingerprint density at radius 1 is 1.12 bits per heavy atom. The number of aromatic nitrogens is 2. The summed E-state index contributed by atoms with van der Waals surface area (Å²) in [7, 11) is 0. The Bertz CT molecular complexity index is 1040. The Morgan fingerprint density at radius 2 is 1.92 bits per heavy atom. The molecule has 122 valence electrons. The summed E-state index contributed by atoms with van der Waals surface area (Å²) >= 11 is 0. The Hall–Kier alpha value is -3.61. The first kappa shape index (κ1) is 14.9. The lowest BCUT2D eigenvalue weighted by Gasteiger charge is -2.12. The van der Waals surface area contributed by atoms with E-state index in [0.29, 0.717) is 0 Å². The second-order valence-corrected chi connectivity index (χ2v) is 5.37.